The van der Waals surface area contributed by atoms with Crippen LogP contribution >= 0.6 is 23.2 Å². The molecule has 1 amide bonds. The monoisotopic (exact) mass is 497 g/mol. The van der Waals surface area contributed by atoms with E-state index in [9.17, 15) is 4.79 Å². The third kappa shape index (κ3) is 7.33. The second-order valence-corrected chi connectivity index (χ2v) is 7.56. The lowest BCUT2D eigenvalue weighted by molar-refractivity contribution is 0.0972. The predicted molar refractivity (Wildman–Crippen MR) is 136 cm³/mol. The highest BCUT2D eigenvalue weighted by Crippen LogP contribution is 2.24. The largest absolute Gasteiger partial charge is 0.497 e. The lowest BCUT2D eigenvalue weighted by Gasteiger charge is -2.11. The van der Waals surface area contributed by atoms with Gasteiger partial charge in [0.25, 0.3) is 5.91 Å². The highest BCUT2D eigenvalue weighted by atomic mass is 35.5. The first-order chi connectivity index (χ1) is 16.5. The number of amides is 1. The number of ether oxygens (including phenoxy) is 2. The summed E-state index contributed by atoms with van der Waals surface area (Å²) in [4.78, 5) is 12.9. The van der Waals surface area contributed by atoms with Crippen molar-refractivity contribution in [1.29, 1.82) is 0 Å². The molecule has 34 heavy (non-hydrogen) atoms. The van der Waals surface area contributed by atoms with E-state index in [1.807, 2.05) is 0 Å². The molecule has 174 valence electrons. The highest BCUT2D eigenvalue weighted by molar-refractivity contribution is 6.30. The molecule has 0 saturated carbocycles. The van der Waals surface area contributed by atoms with Crippen LogP contribution in [0.5, 0.6) is 11.5 Å². The summed E-state index contributed by atoms with van der Waals surface area (Å²) < 4.78 is 10.5. The molecule has 3 rings (SSSR count). The smallest absolute Gasteiger partial charge is 0.261 e. The number of hydrazone groups is 1. The Morgan fingerprint density at radius 2 is 1.47 bits per heavy atom. The van der Waals surface area contributed by atoms with E-state index in [2.05, 4.69) is 26.0 Å². The average molecular weight is 498 g/mol. The lowest BCUT2D eigenvalue weighted by atomic mass is 10.2. The van der Waals surface area contributed by atoms with Gasteiger partial charge in [-0.2, -0.15) is 10.2 Å². The SMILES string of the molecule is COc1ccc(C(=O)NC(=NN=Cc2ccc(Cl)cc2)NN=Cc2ccc(Cl)cc2)c(OC)c1. The van der Waals surface area contributed by atoms with Crippen molar-refractivity contribution in [1.82, 2.24) is 10.7 Å². The fourth-order valence-corrected chi connectivity index (χ4v) is 2.91. The topological polar surface area (TPSA) is 96.7 Å². The van der Waals surface area contributed by atoms with Gasteiger partial charge in [0.05, 0.1) is 32.2 Å². The van der Waals surface area contributed by atoms with E-state index in [-0.39, 0.29) is 11.5 Å². The Kier molecular flexibility index (Phi) is 9.02. The van der Waals surface area contributed by atoms with Crippen LogP contribution in [0.4, 0.5) is 0 Å². The second kappa shape index (κ2) is 12.4. The van der Waals surface area contributed by atoms with Crippen LogP contribution in [0.1, 0.15) is 21.5 Å². The van der Waals surface area contributed by atoms with E-state index in [0.717, 1.165) is 11.1 Å². The van der Waals surface area contributed by atoms with Gasteiger partial charge in [-0.05, 0) is 47.5 Å². The molecule has 0 aliphatic heterocycles. The number of methoxy groups -OCH3 is 2. The third-order valence-electron chi connectivity index (χ3n) is 4.37. The van der Waals surface area contributed by atoms with E-state index in [1.54, 1.807) is 72.9 Å². The van der Waals surface area contributed by atoms with Crippen LogP contribution in [-0.4, -0.2) is 38.5 Å². The van der Waals surface area contributed by atoms with Gasteiger partial charge < -0.3 is 9.47 Å². The Balaban J connectivity index is 1.80. The first-order valence-corrected chi connectivity index (χ1v) is 10.7. The van der Waals surface area contributed by atoms with Crippen molar-refractivity contribution in [3.63, 3.8) is 0 Å². The van der Waals surface area contributed by atoms with Gasteiger partial charge in [0.2, 0.25) is 5.96 Å². The zero-order valence-electron chi connectivity index (χ0n) is 18.3. The molecule has 0 bridgehead atoms. The van der Waals surface area contributed by atoms with Crippen molar-refractivity contribution < 1.29 is 14.3 Å². The van der Waals surface area contributed by atoms with Gasteiger partial charge in [-0.3, -0.25) is 10.1 Å². The van der Waals surface area contributed by atoms with Gasteiger partial charge in [0, 0.05) is 16.1 Å². The quantitative estimate of drug-likeness (QED) is 0.279. The molecule has 0 saturated heterocycles. The van der Waals surface area contributed by atoms with Gasteiger partial charge in [-0.1, -0.05) is 47.5 Å². The number of guanidine groups is 1. The molecule has 0 heterocycles. The Morgan fingerprint density at radius 1 is 0.853 bits per heavy atom. The van der Waals surface area contributed by atoms with E-state index in [4.69, 9.17) is 32.7 Å². The molecular weight excluding hydrogens is 477 g/mol. The van der Waals surface area contributed by atoms with Crippen LogP contribution in [0.2, 0.25) is 10.0 Å². The zero-order chi connectivity index (χ0) is 24.3. The minimum Gasteiger partial charge on any atom is -0.497 e. The highest BCUT2D eigenvalue weighted by Gasteiger charge is 2.15. The number of nitrogens with zero attached hydrogens (tertiary/aromatic N) is 3. The minimum atomic E-state index is -0.478. The van der Waals surface area contributed by atoms with Gasteiger partial charge in [-0.15, -0.1) is 5.10 Å². The molecule has 0 unspecified atom stereocenters. The van der Waals surface area contributed by atoms with Crippen LogP contribution in [-0.2, 0) is 0 Å². The summed E-state index contributed by atoms with van der Waals surface area (Å²) in [6.45, 7) is 0. The summed E-state index contributed by atoms with van der Waals surface area (Å²) in [5, 5.41) is 16.1. The van der Waals surface area contributed by atoms with Crippen LogP contribution in [0.3, 0.4) is 0 Å². The summed E-state index contributed by atoms with van der Waals surface area (Å²) in [6, 6.07) is 19.0. The van der Waals surface area contributed by atoms with Gasteiger partial charge in [-0.25, -0.2) is 5.43 Å². The molecule has 0 spiro atoms. The summed E-state index contributed by atoms with van der Waals surface area (Å²) >= 11 is 11.8. The number of nitrogens with one attached hydrogen (secondary N) is 2. The van der Waals surface area contributed by atoms with E-state index in [1.165, 1.54) is 20.4 Å². The standard InChI is InChI=1S/C24H21Cl2N5O3/c1-33-20-11-12-21(22(13-20)34-2)23(32)29-24(30-27-14-16-3-7-18(25)8-4-16)31-28-15-17-5-9-19(26)10-6-17/h3-15H,1-2H3,(H2,29,30,31,32). The molecule has 0 atom stereocenters. The molecule has 0 aliphatic carbocycles. The van der Waals surface area contributed by atoms with E-state index < -0.39 is 5.91 Å². The van der Waals surface area contributed by atoms with Crippen molar-refractivity contribution in [2.75, 3.05) is 14.2 Å². The Hall–Kier alpha value is -3.88. The van der Waals surface area contributed by atoms with Crippen molar-refractivity contribution in [2.45, 2.75) is 0 Å². The van der Waals surface area contributed by atoms with Crippen LogP contribution in [0.15, 0.2) is 82.0 Å². The van der Waals surface area contributed by atoms with E-state index in [0.29, 0.717) is 21.5 Å². The minimum absolute atomic E-state index is 0.00158. The molecular formula is C24H21Cl2N5O3. The summed E-state index contributed by atoms with van der Waals surface area (Å²) in [5.74, 6) is 0.415. The maximum Gasteiger partial charge on any atom is 0.261 e. The number of hydrogen-bond donors (Lipinski definition) is 2. The Bertz CT molecular complexity index is 1210. The molecule has 0 aromatic heterocycles. The third-order valence-corrected chi connectivity index (χ3v) is 4.88. The van der Waals surface area contributed by atoms with Gasteiger partial charge >= 0.3 is 0 Å². The van der Waals surface area contributed by atoms with Crippen LogP contribution in [0, 0.1) is 0 Å². The number of carbonyl (C=O) groups excluding carboxylic acids is 1. The Labute approximate surface area is 206 Å². The maximum atomic E-state index is 12.9. The summed E-state index contributed by atoms with van der Waals surface area (Å²) in [6.07, 6.45) is 3.07. The summed E-state index contributed by atoms with van der Waals surface area (Å²) in [5.41, 5.74) is 4.55. The number of carbonyl (C=O) groups is 1. The van der Waals surface area contributed by atoms with Crippen molar-refractivity contribution >= 4 is 47.5 Å². The number of rotatable bonds is 7. The number of benzene rings is 3. The van der Waals surface area contributed by atoms with Crippen molar-refractivity contribution in [3.05, 3.63) is 93.5 Å². The summed E-state index contributed by atoms with van der Waals surface area (Å²) in [7, 11) is 2.99. The van der Waals surface area contributed by atoms with Crippen LogP contribution < -0.4 is 20.2 Å². The van der Waals surface area contributed by atoms with Crippen molar-refractivity contribution in [3.8, 4) is 11.5 Å². The van der Waals surface area contributed by atoms with Crippen molar-refractivity contribution in [2.24, 2.45) is 15.3 Å². The molecule has 0 fully saturated rings. The van der Waals surface area contributed by atoms with Gasteiger partial charge in [0.15, 0.2) is 0 Å². The first-order valence-electron chi connectivity index (χ1n) is 9.93. The predicted octanol–water partition coefficient (Wildman–Crippen LogP) is 4.75. The maximum absolute atomic E-state index is 12.9. The van der Waals surface area contributed by atoms with Crippen LogP contribution in [0.25, 0.3) is 0 Å². The molecule has 0 aliphatic rings. The number of halogens is 2. The fraction of sp³-hybridized carbons (Fsp3) is 0.0833. The second-order valence-electron chi connectivity index (χ2n) is 6.69. The molecule has 0 radical (unpaired) electrons. The van der Waals surface area contributed by atoms with E-state index >= 15 is 0 Å². The zero-order valence-corrected chi connectivity index (χ0v) is 19.8. The lowest BCUT2D eigenvalue weighted by Crippen LogP contribution is -2.38. The normalized spacial score (nSPS) is 11.6. The average Bonchev–Trinajstić information content (AvgIpc) is 2.85. The van der Waals surface area contributed by atoms with Gasteiger partial charge in [0.1, 0.15) is 11.5 Å². The Morgan fingerprint density at radius 3 is 2.06 bits per heavy atom. The first kappa shape index (κ1) is 24.8. The fourth-order valence-electron chi connectivity index (χ4n) is 2.66. The number of hydrogen-bond acceptors (Lipinski definition) is 6. The molecule has 3 aromatic rings. The molecule has 10 heteroatoms. The molecule has 8 nitrogen and oxygen atoms in total. The molecule has 2 N–H and O–H groups in total. The molecule has 3 aromatic carbocycles.